The van der Waals surface area contributed by atoms with Crippen LogP contribution in [-0.2, 0) is 14.3 Å². The number of Topliss-reactive ketones (excluding diaryl/α,β-unsaturated/α-hetero) is 1. The van der Waals surface area contributed by atoms with E-state index >= 15 is 0 Å². The van der Waals surface area contributed by atoms with E-state index in [1.165, 1.54) is 24.3 Å². The number of amides is 1. The summed E-state index contributed by atoms with van der Waals surface area (Å²) >= 11 is 0. The minimum atomic E-state index is -0.607. The molecule has 1 saturated heterocycles. The number of benzene rings is 2. The van der Waals surface area contributed by atoms with Gasteiger partial charge in [0.05, 0.1) is 5.92 Å². The monoisotopic (exact) mass is 355 g/mol. The molecule has 2 aromatic carbocycles. The van der Waals surface area contributed by atoms with Crippen molar-refractivity contribution in [2.75, 3.05) is 18.1 Å². The molecule has 1 heterocycles. The molecule has 5 nitrogen and oxygen atoms in total. The van der Waals surface area contributed by atoms with Crippen molar-refractivity contribution in [1.29, 1.82) is 0 Å². The summed E-state index contributed by atoms with van der Waals surface area (Å²) in [6.07, 6.45) is 0.0531. The van der Waals surface area contributed by atoms with Crippen molar-refractivity contribution >= 4 is 23.3 Å². The van der Waals surface area contributed by atoms with Crippen molar-refractivity contribution in [3.63, 3.8) is 0 Å². The van der Waals surface area contributed by atoms with Gasteiger partial charge >= 0.3 is 5.97 Å². The third kappa shape index (κ3) is 3.96. The zero-order valence-corrected chi connectivity index (χ0v) is 14.3. The Morgan fingerprint density at radius 1 is 1.19 bits per heavy atom. The molecule has 26 heavy (non-hydrogen) atoms. The van der Waals surface area contributed by atoms with Gasteiger partial charge in [0.1, 0.15) is 5.82 Å². The van der Waals surface area contributed by atoms with Crippen LogP contribution in [0.15, 0.2) is 48.5 Å². The number of carbonyl (C=O) groups is 3. The summed E-state index contributed by atoms with van der Waals surface area (Å²) in [6, 6.07) is 12.5. The lowest BCUT2D eigenvalue weighted by Crippen LogP contribution is -2.27. The summed E-state index contributed by atoms with van der Waals surface area (Å²) in [5.74, 6) is -2.20. The maximum Gasteiger partial charge on any atom is 0.311 e. The molecule has 134 valence electrons. The fourth-order valence-corrected chi connectivity index (χ4v) is 2.88. The summed E-state index contributed by atoms with van der Waals surface area (Å²) in [6.45, 7) is 1.72. The first kappa shape index (κ1) is 17.8. The Bertz CT molecular complexity index is 847. The quantitative estimate of drug-likeness (QED) is 0.611. The lowest BCUT2D eigenvalue weighted by atomic mass is 10.1. The molecule has 0 saturated carbocycles. The van der Waals surface area contributed by atoms with Crippen molar-refractivity contribution in [3.8, 4) is 0 Å². The highest BCUT2D eigenvalue weighted by molar-refractivity contribution is 6.01. The molecule has 0 radical (unpaired) electrons. The van der Waals surface area contributed by atoms with Gasteiger partial charge in [-0.2, -0.15) is 0 Å². The Labute approximate surface area is 150 Å². The molecule has 0 N–H and O–H groups in total. The fraction of sp³-hybridized carbons (Fsp3) is 0.250. The normalized spacial score (nSPS) is 16.6. The Kier molecular flexibility index (Phi) is 5.11. The van der Waals surface area contributed by atoms with Gasteiger partial charge in [0.25, 0.3) is 0 Å². The molecule has 1 amide bonds. The molecule has 1 fully saturated rings. The summed E-state index contributed by atoms with van der Waals surface area (Å²) in [5.41, 5.74) is 2.03. The lowest BCUT2D eigenvalue weighted by Gasteiger charge is -2.17. The van der Waals surface area contributed by atoms with Crippen LogP contribution in [0.5, 0.6) is 0 Å². The van der Waals surface area contributed by atoms with E-state index in [9.17, 15) is 18.8 Å². The number of hydrogen-bond acceptors (Lipinski definition) is 4. The number of esters is 1. The van der Waals surface area contributed by atoms with E-state index in [0.717, 1.165) is 11.3 Å². The molecule has 3 rings (SSSR count). The van der Waals surface area contributed by atoms with E-state index in [0.29, 0.717) is 0 Å². The van der Waals surface area contributed by atoms with Crippen LogP contribution >= 0.6 is 0 Å². The number of anilines is 1. The van der Waals surface area contributed by atoms with Gasteiger partial charge in [-0.15, -0.1) is 0 Å². The van der Waals surface area contributed by atoms with Gasteiger partial charge in [-0.05, 0) is 48.9 Å². The zero-order valence-electron chi connectivity index (χ0n) is 14.3. The Hall–Kier alpha value is -3.02. The SMILES string of the molecule is Cc1cccc(N2CC(C(=O)OCC(=O)c3ccc(F)cc3)CC2=O)c1. The molecule has 1 unspecified atom stereocenters. The van der Waals surface area contributed by atoms with E-state index in [1.807, 2.05) is 31.2 Å². The number of aryl methyl sites for hydroxylation is 1. The van der Waals surface area contributed by atoms with E-state index in [4.69, 9.17) is 4.74 Å². The second-order valence-corrected chi connectivity index (χ2v) is 6.28. The Balaban J connectivity index is 1.58. The van der Waals surface area contributed by atoms with Crippen LogP contribution in [0.4, 0.5) is 10.1 Å². The standard InChI is InChI=1S/C20H18FNO4/c1-13-3-2-4-17(9-13)22-11-15(10-19(22)24)20(25)26-12-18(23)14-5-7-16(21)8-6-14/h2-9,15H,10-12H2,1H3. The first-order valence-corrected chi connectivity index (χ1v) is 8.26. The van der Waals surface area contributed by atoms with Crippen LogP contribution in [0, 0.1) is 18.7 Å². The van der Waals surface area contributed by atoms with Crippen molar-refractivity contribution in [2.24, 2.45) is 5.92 Å². The van der Waals surface area contributed by atoms with E-state index < -0.39 is 30.1 Å². The summed E-state index contributed by atoms with van der Waals surface area (Å²) < 4.78 is 17.9. The smallest absolute Gasteiger partial charge is 0.311 e. The molecule has 1 aliphatic heterocycles. The summed E-state index contributed by atoms with van der Waals surface area (Å²) in [7, 11) is 0. The number of nitrogens with zero attached hydrogens (tertiary/aromatic N) is 1. The molecule has 0 aromatic heterocycles. The highest BCUT2D eigenvalue weighted by Gasteiger charge is 2.36. The second kappa shape index (κ2) is 7.47. The van der Waals surface area contributed by atoms with Crippen LogP contribution in [0.3, 0.4) is 0 Å². The average Bonchev–Trinajstić information content (AvgIpc) is 3.02. The molecule has 6 heteroatoms. The van der Waals surface area contributed by atoms with Gasteiger partial charge in [0.15, 0.2) is 12.4 Å². The van der Waals surface area contributed by atoms with Gasteiger partial charge in [0, 0.05) is 24.2 Å². The maximum atomic E-state index is 12.9. The first-order valence-electron chi connectivity index (χ1n) is 8.26. The number of ketones is 1. The zero-order chi connectivity index (χ0) is 18.7. The van der Waals surface area contributed by atoms with Gasteiger partial charge in [-0.3, -0.25) is 14.4 Å². The largest absolute Gasteiger partial charge is 0.457 e. The molecule has 0 spiro atoms. The van der Waals surface area contributed by atoms with Crippen molar-refractivity contribution in [2.45, 2.75) is 13.3 Å². The van der Waals surface area contributed by atoms with Gasteiger partial charge in [0.2, 0.25) is 5.91 Å². The van der Waals surface area contributed by atoms with E-state index in [1.54, 1.807) is 4.90 Å². The number of halogens is 1. The third-order valence-electron chi connectivity index (χ3n) is 4.28. The lowest BCUT2D eigenvalue weighted by molar-refractivity contribution is -0.147. The fourth-order valence-electron chi connectivity index (χ4n) is 2.88. The van der Waals surface area contributed by atoms with E-state index in [-0.39, 0.29) is 24.4 Å². The predicted molar refractivity (Wildman–Crippen MR) is 93.3 cm³/mol. The second-order valence-electron chi connectivity index (χ2n) is 6.28. The van der Waals surface area contributed by atoms with Crippen LogP contribution in [0.2, 0.25) is 0 Å². The van der Waals surface area contributed by atoms with Crippen LogP contribution < -0.4 is 4.90 Å². The Morgan fingerprint density at radius 3 is 2.62 bits per heavy atom. The van der Waals surface area contributed by atoms with Crippen LogP contribution in [0.25, 0.3) is 0 Å². The average molecular weight is 355 g/mol. The topological polar surface area (TPSA) is 63.7 Å². The van der Waals surface area contributed by atoms with Gasteiger partial charge < -0.3 is 9.64 Å². The van der Waals surface area contributed by atoms with Crippen molar-refractivity contribution in [3.05, 3.63) is 65.5 Å². The predicted octanol–water partition coefficient (Wildman–Crippen LogP) is 2.91. The minimum Gasteiger partial charge on any atom is -0.457 e. The number of rotatable bonds is 5. The number of carbonyl (C=O) groups excluding carboxylic acids is 3. The summed E-state index contributed by atoms with van der Waals surface area (Å²) in [5, 5.41) is 0. The molecule has 1 atom stereocenters. The first-order chi connectivity index (χ1) is 12.4. The van der Waals surface area contributed by atoms with E-state index in [2.05, 4.69) is 0 Å². The number of hydrogen-bond donors (Lipinski definition) is 0. The van der Waals surface area contributed by atoms with Crippen LogP contribution in [0.1, 0.15) is 22.3 Å². The van der Waals surface area contributed by atoms with Crippen LogP contribution in [-0.4, -0.2) is 30.8 Å². The van der Waals surface area contributed by atoms with Crippen molar-refractivity contribution in [1.82, 2.24) is 0 Å². The van der Waals surface area contributed by atoms with Gasteiger partial charge in [-0.1, -0.05) is 12.1 Å². The molecule has 2 aromatic rings. The molecule has 0 aliphatic carbocycles. The molecule has 0 bridgehead atoms. The highest BCUT2D eigenvalue weighted by atomic mass is 19.1. The van der Waals surface area contributed by atoms with Crippen molar-refractivity contribution < 1.29 is 23.5 Å². The molecular formula is C20H18FNO4. The molecule has 1 aliphatic rings. The minimum absolute atomic E-state index is 0.0531. The number of ether oxygens (including phenoxy) is 1. The Morgan fingerprint density at radius 2 is 1.92 bits per heavy atom. The van der Waals surface area contributed by atoms with Gasteiger partial charge in [-0.25, -0.2) is 4.39 Å². The molecular weight excluding hydrogens is 337 g/mol. The highest BCUT2D eigenvalue weighted by Crippen LogP contribution is 2.26. The third-order valence-corrected chi connectivity index (χ3v) is 4.28. The summed E-state index contributed by atoms with van der Waals surface area (Å²) in [4.78, 5) is 38.0. The maximum absolute atomic E-state index is 12.9.